The van der Waals surface area contributed by atoms with Gasteiger partial charge in [0.2, 0.25) is 0 Å². The van der Waals surface area contributed by atoms with Gasteiger partial charge in [-0.1, -0.05) is 72.8 Å². The van der Waals surface area contributed by atoms with Gasteiger partial charge in [-0.25, -0.2) is 8.78 Å². The molecule has 3 rings (SSSR count). The third-order valence-corrected chi connectivity index (χ3v) is 4.48. The van der Waals surface area contributed by atoms with Crippen molar-refractivity contribution in [3.8, 4) is 0 Å². The predicted molar refractivity (Wildman–Crippen MR) is 94.7 cm³/mol. The van der Waals surface area contributed by atoms with E-state index < -0.39 is 35.6 Å². The van der Waals surface area contributed by atoms with E-state index in [9.17, 15) is 22.0 Å². The second-order valence-corrected chi connectivity index (χ2v) is 6.36. The van der Waals surface area contributed by atoms with Crippen LogP contribution in [0, 0.1) is 0 Å². The molecule has 0 unspecified atom stereocenters. The second kappa shape index (κ2) is 7.51. The molecule has 0 aliphatic rings. The molecule has 0 saturated heterocycles. The van der Waals surface area contributed by atoms with Crippen molar-refractivity contribution in [1.82, 2.24) is 0 Å². The highest BCUT2D eigenvalue weighted by molar-refractivity contribution is 5.35. The number of alkyl halides is 5. The maximum absolute atomic E-state index is 15.0. The van der Waals surface area contributed by atoms with Crippen LogP contribution in [0.3, 0.4) is 0 Å². The molecule has 0 fully saturated rings. The van der Waals surface area contributed by atoms with Crippen LogP contribution in [0.1, 0.15) is 34.6 Å². The molecule has 0 amide bonds. The van der Waals surface area contributed by atoms with Crippen molar-refractivity contribution in [3.05, 3.63) is 107 Å². The van der Waals surface area contributed by atoms with E-state index in [0.29, 0.717) is 17.2 Å². The lowest BCUT2D eigenvalue weighted by Gasteiger charge is -2.25. The molecule has 0 aromatic heterocycles. The van der Waals surface area contributed by atoms with E-state index in [1.165, 1.54) is 0 Å². The molecule has 3 aromatic rings. The Hall–Kier alpha value is -2.69. The quantitative estimate of drug-likeness (QED) is 0.420. The highest BCUT2D eigenvalue weighted by Crippen LogP contribution is 2.42. The summed E-state index contributed by atoms with van der Waals surface area (Å²) >= 11 is 0. The van der Waals surface area contributed by atoms with Crippen molar-refractivity contribution < 1.29 is 22.0 Å². The summed E-state index contributed by atoms with van der Waals surface area (Å²) in [7, 11) is 0. The van der Waals surface area contributed by atoms with Gasteiger partial charge in [0.1, 0.15) is 0 Å². The summed E-state index contributed by atoms with van der Waals surface area (Å²) in [5.74, 6) is -4.06. The van der Waals surface area contributed by atoms with Crippen LogP contribution < -0.4 is 0 Å². The standard InChI is InChI=1S/C22H17F5/c23-21(24,18-12-7-13-19(14-18)22(25,26)27)15-20(16-8-3-1-4-9-16)17-10-5-2-6-11-17/h1-14,20H,15H2. The van der Waals surface area contributed by atoms with Gasteiger partial charge >= 0.3 is 6.18 Å². The first-order valence-electron chi connectivity index (χ1n) is 8.43. The molecule has 0 heterocycles. The summed E-state index contributed by atoms with van der Waals surface area (Å²) in [6.45, 7) is 0. The average molecular weight is 376 g/mol. The first-order chi connectivity index (χ1) is 12.8. The molecule has 0 spiro atoms. The van der Waals surface area contributed by atoms with Crippen LogP contribution in [0.5, 0.6) is 0 Å². The molecule has 0 aliphatic carbocycles. The van der Waals surface area contributed by atoms with Gasteiger partial charge in [0.05, 0.1) is 5.56 Å². The molecule has 3 aromatic carbocycles. The molecular formula is C22H17F5. The molecule has 27 heavy (non-hydrogen) atoms. The Morgan fingerprint density at radius 2 is 1.07 bits per heavy atom. The van der Waals surface area contributed by atoms with Crippen molar-refractivity contribution >= 4 is 0 Å². The normalized spacial score (nSPS) is 12.4. The summed E-state index contributed by atoms with van der Waals surface area (Å²) < 4.78 is 68.7. The van der Waals surface area contributed by atoms with E-state index >= 15 is 0 Å². The van der Waals surface area contributed by atoms with Crippen LogP contribution in [0.15, 0.2) is 84.9 Å². The van der Waals surface area contributed by atoms with E-state index in [1.807, 2.05) is 0 Å². The molecule has 0 saturated carbocycles. The number of rotatable bonds is 5. The minimum Gasteiger partial charge on any atom is -0.201 e. The van der Waals surface area contributed by atoms with Gasteiger partial charge in [0.15, 0.2) is 0 Å². The van der Waals surface area contributed by atoms with Crippen molar-refractivity contribution in [1.29, 1.82) is 0 Å². The summed E-state index contributed by atoms with van der Waals surface area (Å²) in [6, 6.07) is 21.0. The lowest BCUT2D eigenvalue weighted by molar-refractivity contribution is -0.137. The topological polar surface area (TPSA) is 0 Å². The summed E-state index contributed by atoms with van der Waals surface area (Å²) in [4.78, 5) is 0. The van der Waals surface area contributed by atoms with Gasteiger partial charge < -0.3 is 0 Å². The molecule has 0 nitrogen and oxygen atoms in total. The molecule has 5 heteroatoms. The van der Waals surface area contributed by atoms with Crippen LogP contribution in [-0.4, -0.2) is 0 Å². The number of hydrogen-bond acceptors (Lipinski definition) is 0. The van der Waals surface area contributed by atoms with Gasteiger partial charge in [0, 0.05) is 17.9 Å². The summed E-state index contributed by atoms with van der Waals surface area (Å²) in [6.07, 6.45) is -5.29. The minimum absolute atomic E-state index is 0.535. The zero-order chi connectivity index (χ0) is 19.5. The van der Waals surface area contributed by atoms with Crippen LogP contribution in [0.25, 0.3) is 0 Å². The zero-order valence-electron chi connectivity index (χ0n) is 14.3. The molecule has 0 radical (unpaired) electrons. The fourth-order valence-corrected chi connectivity index (χ4v) is 3.10. The summed E-state index contributed by atoms with van der Waals surface area (Å²) in [5.41, 5.74) is -0.324. The third-order valence-electron chi connectivity index (χ3n) is 4.48. The van der Waals surface area contributed by atoms with Crippen molar-refractivity contribution in [3.63, 3.8) is 0 Å². The summed E-state index contributed by atoms with van der Waals surface area (Å²) in [5, 5.41) is 0. The Bertz CT molecular complexity index is 830. The molecule has 0 bridgehead atoms. The van der Waals surface area contributed by atoms with E-state index in [-0.39, 0.29) is 0 Å². The average Bonchev–Trinajstić information content (AvgIpc) is 2.67. The van der Waals surface area contributed by atoms with Gasteiger partial charge in [0.25, 0.3) is 5.92 Å². The Kier molecular flexibility index (Phi) is 5.31. The van der Waals surface area contributed by atoms with Gasteiger partial charge in [-0.15, -0.1) is 0 Å². The maximum Gasteiger partial charge on any atom is 0.416 e. The zero-order valence-corrected chi connectivity index (χ0v) is 14.3. The number of halogens is 5. The number of hydrogen-bond donors (Lipinski definition) is 0. The molecule has 140 valence electrons. The number of benzene rings is 3. The second-order valence-electron chi connectivity index (χ2n) is 6.36. The highest BCUT2D eigenvalue weighted by atomic mass is 19.4. The fourth-order valence-electron chi connectivity index (χ4n) is 3.10. The van der Waals surface area contributed by atoms with E-state index in [2.05, 4.69) is 0 Å². The lowest BCUT2D eigenvalue weighted by atomic mass is 9.84. The Morgan fingerprint density at radius 3 is 1.56 bits per heavy atom. The predicted octanol–water partition coefficient (Wildman–Crippen LogP) is 7.02. The largest absolute Gasteiger partial charge is 0.416 e. The van der Waals surface area contributed by atoms with Crippen LogP contribution >= 0.6 is 0 Å². The van der Waals surface area contributed by atoms with Crippen LogP contribution in [0.4, 0.5) is 22.0 Å². The first kappa shape index (κ1) is 19.1. The Labute approximate surface area is 154 Å². The van der Waals surface area contributed by atoms with Gasteiger partial charge in [-0.05, 0) is 23.3 Å². The van der Waals surface area contributed by atoms with Gasteiger partial charge in [-0.3, -0.25) is 0 Å². The van der Waals surface area contributed by atoms with Crippen molar-refractivity contribution in [2.75, 3.05) is 0 Å². The first-order valence-corrected chi connectivity index (χ1v) is 8.43. The molecule has 0 atom stereocenters. The smallest absolute Gasteiger partial charge is 0.201 e. The monoisotopic (exact) mass is 376 g/mol. The van der Waals surface area contributed by atoms with E-state index in [0.717, 1.165) is 18.2 Å². The lowest BCUT2D eigenvalue weighted by Crippen LogP contribution is -2.19. The van der Waals surface area contributed by atoms with Crippen LogP contribution in [-0.2, 0) is 12.1 Å². The Morgan fingerprint density at radius 1 is 0.593 bits per heavy atom. The SMILES string of the molecule is FC(F)(F)c1cccc(C(F)(F)CC(c2ccccc2)c2ccccc2)c1. The Balaban J connectivity index is 1.98. The highest BCUT2D eigenvalue weighted by Gasteiger charge is 2.38. The van der Waals surface area contributed by atoms with Gasteiger partial charge in [-0.2, -0.15) is 13.2 Å². The van der Waals surface area contributed by atoms with Crippen molar-refractivity contribution in [2.24, 2.45) is 0 Å². The van der Waals surface area contributed by atoms with Crippen LogP contribution in [0.2, 0.25) is 0 Å². The molecule has 0 N–H and O–H groups in total. The molecular weight excluding hydrogens is 359 g/mol. The van der Waals surface area contributed by atoms with E-state index in [1.54, 1.807) is 60.7 Å². The minimum atomic E-state index is -4.66. The maximum atomic E-state index is 15.0. The third kappa shape index (κ3) is 4.54. The van der Waals surface area contributed by atoms with Crippen molar-refractivity contribution in [2.45, 2.75) is 24.4 Å². The fraction of sp³-hybridized carbons (Fsp3) is 0.182. The molecule has 0 aliphatic heterocycles. The van der Waals surface area contributed by atoms with E-state index in [4.69, 9.17) is 0 Å².